The third kappa shape index (κ3) is 1.63. The second-order valence-corrected chi connectivity index (χ2v) is 5.77. The van der Waals surface area contributed by atoms with E-state index in [1.54, 1.807) is 12.1 Å². The van der Waals surface area contributed by atoms with Crippen LogP contribution in [0.2, 0.25) is 0 Å². The molecular weight excluding hydrogens is 273 g/mol. The van der Waals surface area contributed by atoms with Gasteiger partial charge in [-0.05, 0) is 45.3 Å². The molecule has 21 heavy (non-hydrogen) atoms. The highest BCUT2D eigenvalue weighted by Crippen LogP contribution is 2.38. The summed E-state index contributed by atoms with van der Waals surface area (Å²) in [5.74, 6) is -0.396. The molecule has 3 aromatic rings. The molecule has 0 spiro atoms. The SMILES string of the molecule is CC1CC(C(F)F)=c2cc(F)c3cccc4ccc1c2c43. The summed E-state index contributed by atoms with van der Waals surface area (Å²) in [6, 6.07) is 10.6. The summed E-state index contributed by atoms with van der Waals surface area (Å²) >= 11 is 0. The monoisotopic (exact) mass is 286 g/mol. The van der Waals surface area contributed by atoms with Gasteiger partial charge in [0.05, 0.1) is 0 Å². The van der Waals surface area contributed by atoms with Crippen molar-refractivity contribution in [2.45, 2.75) is 25.7 Å². The van der Waals surface area contributed by atoms with Crippen molar-refractivity contribution in [1.82, 2.24) is 0 Å². The fourth-order valence-electron chi connectivity index (χ4n) is 3.58. The average molecular weight is 286 g/mol. The highest BCUT2D eigenvalue weighted by atomic mass is 19.3. The van der Waals surface area contributed by atoms with Gasteiger partial charge in [-0.2, -0.15) is 0 Å². The lowest BCUT2D eigenvalue weighted by Gasteiger charge is -2.24. The van der Waals surface area contributed by atoms with Crippen molar-refractivity contribution >= 4 is 27.1 Å². The summed E-state index contributed by atoms with van der Waals surface area (Å²) in [6.07, 6.45) is -2.25. The summed E-state index contributed by atoms with van der Waals surface area (Å²) in [5, 5.41) is 3.37. The second-order valence-electron chi connectivity index (χ2n) is 5.77. The molecule has 106 valence electrons. The topological polar surface area (TPSA) is 0 Å². The highest BCUT2D eigenvalue weighted by molar-refractivity contribution is 6.12. The Kier molecular flexibility index (Phi) is 2.56. The largest absolute Gasteiger partial charge is 0.260 e. The average Bonchev–Trinajstić information content (AvgIpc) is 2.47. The Labute approximate surface area is 119 Å². The molecule has 0 saturated heterocycles. The van der Waals surface area contributed by atoms with Crippen molar-refractivity contribution in [1.29, 1.82) is 0 Å². The molecule has 3 heteroatoms. The van der Waals surface area contributed by atoms with Crippen molar-refractivity contribution in [2.24, 2.45) is 0 Å². The van der Waals surface area contributed by atoms with Crippen LogP contribution in [-0.4, -0.2) is 6.43 Å². The third-order valence-electron chi connectivity index (χ3n) is 4.54. The zero-order chi connectivity index (χ0) is 14.7. The number of alkyl halides is 2. The summed E-state index contributed by atoms with van der Waals surface area (Å²) in [7, 11) is 0. The van der Waals surface area contributed by atoms with E-state index in [0.29, 0.717) is 10.6 Å². The molecule has 1 unspecified atom stereocenters. The fraction of sp³-hybridized carbons (Fsp3) is 0.222. The molecule has 4 rings (SSSR count). The van der Waals surface area contributed by atoms with Crippen LogP contribution in [0.3, 0.4) is 0 Å². The Morgan fingerprint density at radius 3 is 2.67 bits per heavy atom. The predicted molar refractivity (Wildman–Crippen MR) is 79.1 cm³/mol. The molecule has 1 atom stereocenters. The van der Waals surface area contributed by atoms with E-state index >= 15 is 0 Å². The molecule has 3 aromatic carbocycles. The van der Waals surface area contributed by atoms with Crippen LogP contribution in [-0.2, 0) is 0 Å². The first-order chi connectivity index (χ1) is 10.1. The molecule has 1 aliphatic carbocycles. The van der Waals surface area contributed by atoms with E-state index in [1.807, 2.05) is 25.1 Å². The van der Waals surface area contributed by atoms with E-state index in [0.717, 1.165) is 21.7 Å². The molecule has 0 N–H and O–H groups in total. The van der Waals surface area contributed by atoms with Crippen molar-refractivity contribution in [2.75, 3.05) is 0 Å². The van der Waals surface area contributed by atoms with Gasteiger partial charge in [0, 0.05) is 11.0 Å². The maximum absolute atomic E-state index is 14.3. The predicted octanol–water partition coefficient (Wildman–Crippen LogP) is 4.77. The van der Waals surface area contributed by atoms with Gasteiger partial charge in [0.2, 0.25) is 0 Å². The number of halogens is 3. The number of rotatable bonds is 1. The minimum Gasteiger partial charge on any atom is -0.206 e. The van der Waals surface area contributed by atoms with Gasteiger partial charge in [-0.1, -0.05) is 37.3 Å². The Hall–Kier alpha value is -2.03. The molecule has 0 fully saturated rings. The first-order valence-corrected chi connectivity index (χ1v) is 7.02. The second kappa shape index (κ2) is 4.23. The van der Waals surface area contributed by atoms with E-state index in [1.165, 1.54) is 6.07 Å². The van der Waals surface area contributed by atoms with E-state index in [4.69, 9.17) is 0 Å². The van der Waals surface area contributed by atoms with Gasteiger partial charge in [-0.15, -0.1) is 0 Å². The van der Waals surface area contributed by atoms with Crippen LogP contribution in [0, 0.1) is 5.82 Å². The molecule has 0 bridgehead atoms. The van der Waals surface area contributed by atoms with Crippen molar-refractivity contribution < 1.29 is 13.2 Å². The summed E-state index contributed by atoms with van der Waals surface area (Å²) in [6.45, 7) is 1.95. The van der Waals surface area contributed by atoms with Crippen molar-refractivity contribution in [3.63, 3.8) is 0 Å². The molecule has 1 aliphatic rings. The maximum atomic E-state index is 14.3. The van der Waals surface area contributed by atoms with Gasteiger partial charge < -0.3 is 0 Å². The Balaban J connectivity index is 2.36. The van der Waals surface area contributed by atoms with Gasteiger partial charge >= 0.3 is 0 Å². The van der Waals surface area contributed by atoms with Crippen LogP contribution in [0.4, 0.5) is 13.2 Å². The van der Waals surface area contributed by atoms with Crippen molar-refractivity contribution in [3.8, 4) is 0 Å². The first-order valence-electron chi connectivity index (χ1n) is 7.02. The van der Waals surface area contributed by atoms with Gasteiger partial charge in [0.25, 0.3) is 6.43 Å². The van der Waals surface area contributed by atoms with Crippen LogP contribution in [0.5, 0.6) is 0 Å². The Bertz CT molecular complexity index is 925. The lowest BCUT2D eigenvalue weighted by molar-refractivity contribution is 0.208. The minimum absolute atomic E-state index is 0.0276. The van der Waals surface area contributed by atoms with Crippen LogP contribution >= 0.6 is 0 Å². The molecule has 0 heterocycles. The standard InChI is InChI=1S/C18H13F3/c1-9-7-14(18(20)21)13-8-15(19)12-4-2-3-10-5-6-11(9)17(13)16(10)12/h2-6,8-9,18H,7H2,1H3. The Morgan fingerprint density at radius 2 is 1.90 bits per heavy atom. The summed E-state index contributed by atoms with van der Waals surface area (Å²) in [4.78, 5) is 0. The van der Waals surface area contributed by atoms with E-state index in [-0.39, 0.29) is 17.9 Å². The molecular formula is C18H13F3. The van der Waals surface area contributed by atoms with Crippen LogP contribution in [0.15, 0.2) is 36.4 Å². The number of hydrogen-bond acceptors (Lipinski definition) is 0. The van der Waals surface area contributed by atoms with Crippen LogP contribution in [0.1, 0.15) is 24.8 Å². The van der Waals surface area contributed by atoms with Gasteiger partial charge in [-0.25, -0.2) is 13.2 Å². The minimum atomic E-state index is -2.54. The summed E-state index contributed by atoms with van der Waals surface area (Å²) in [5.41, 5.74) is 1.10. The fourth-order valence-corrected chi connectivity index (χ4v) is 3.58. The zero-order valence-electron chi connectivity index (χ0n) is 11.5. The van der Waals surface area contributed by atoms with E-state index in [2.05, 4.69) is 0 Å². The lowest BCUT2D eigenvalue weighted by atomic mass is 9.81. The molecule has 0 radical (unpaired) electrons. The number of hydrogen-bond donors (Lipinski definition) is 0. The highest BCUT2D eigenvalue weighted by Gasteiger charge is 2.25. The van der Waals surface area contributed by atoms with Crippen LogP contribution < -0.4 is 5.22 Å². The smallest absolute Gasteiger partial charge is 0.206 e. The van der Waals surface area contributed by atoms with E-state index in [9.17, 15) is 13.2 Å². The van der Waals surface area contributed by atoms with Crippen molar-refractivity contribution in [3.05, 3.63) is 53.0 Å². The summed E-state index contributed by atoms with van der Waals surface area (Å²) < 4.78 is 41.1. The molecule has 0 nitrogen and oxygen atoms in total. The first kappa shape index (κ1) is 12.7. The molecule has 0 amide bonds. The van der Waals surface area contributed by atoms with Gasteiger partial charge in [0.1, 0.15) is 5.82 Å². The van der Waals surface area contributed by atoms with E-state index < -0.39 is 12.2 Å². The quantitative estimate of drug-likeness (QED) is 0.604. The van der Waals surface area contributed by atoms with Crippen LogP contribution in [0.25, 0.3) is 27.1 Å². The normalized spacial score (nSPS) is 18.1. The van der Waals surface area contributed by atoms with Gasteiger partial charge in [-0.3, -0.25) is 0 Å². The lowest BCUT2D eigenvalue weighted by Crippen LogP contribution is -2.22. The molecule has 0 aromatic heterocycles. The molecule has 0 aliphatic heterocycles. The maximum Gasteiger partial charge on any atom is 0.260 e. The Morgan fingerprint density at radius 1 is 1.10 bits per heavy atom. The molecule has 0 saturated carbocycles. The third-order valence-corrected chi connectivity index (χ3v) is 4.54. The van der Waals surface area contributed by atoms with Gasteiger partial charge in [0.15, 0.2) is 0 Å². The number of benzene rings is 3. The zero-order valence-corrected chi connectivity index (χ0v) is 11.5.